The molecule has 0 spiro atoms. The Morgan fingerprint density at radius 2 is 2.13 bits per heavy atom. The Hall–Kier alpha value is -2.26. The molecule has 0 N–H and O–H groups in total. The largest absolute Gasteiger partial charge is 0.371 e. The fraction of sp³-hybridized carbons (Fsp3) is 0.357. The molecule has 0 aliphatic carbocycles. The van der Waals surface area contributed by atoms with E-state index in [1.165, 1.54) is 11.8 Å². The van der Waals surface area contributed by atoms with Crippen molar-refractivity contribution in [1.29, 1.82) is 0 Å². The van der Waals surface area contributed by atoms with Crippen LogP contribution in [0.4, 0.5) is 0 Å². The smallest absolute Gasteiger partial charge is 0.237 e. The van der Waals surface area contributed by atoms with Gasteiger partial charge in [-0.2, -0.15) is 9.67 Å². The van der Waals surface area contributed by atoms with E-state index >= 15 is 0 Å². The molecule has 1 atom stereocenters. The van der Waals surface area contributed by atoms with Gasteiger partial charge in [-0.05, 0) is 36.4 Å². The number of hydrogen-bond acceptors (Lipinski definition) is 8. The lowest BCUT2D eigenvalue weighted by Crippen LogP contribution is -2.01. The predicted molar refractivity (Wildman–Crippen MR) is 83.1 cm³/mol. The minimum Gasteiger partial charge on any atom is -0.371 e. The summed E-state index contributed by atoms with van der Waals surface area (Å²) in [6.07, 6.45) is -0.183. The zero-order valence-electron chi connectivity index (χ0n) is 12.8. The molecule has 0 aliphatic rings. The summed E-state index contributed by atoms with van der Waals surface area (Å²) in [6, 6.07) is 9.69. The summed E-state index contributed by atoms with van der Waals surface area (Å²) < 4.78 is 12.3. The highest BCUT2D eigenvalue weighted by Crippen LogP contribution is 2.22. The quantitative estimate of drug-likeness (QED) is 0.609. The lowest BCUT2D eigenvalue weighted by atomic mass is 10.3. The third kappa shape index (κ3) is 3.74. The number of para-hydroxylation sites is 1. The second-order valence-electron chi connectivity index (χ2n) is 4.64. The molecule has 0 fully saturated rings. The van der Waals surface area contributed by atoms with Crippen LogP contribution in [0.15, 0.2) is 40.0 Å². The molecule has 9 heteroatoms. The number of nitrogens with zero attached hydrogens (tertiary/aromatic N) is 6. The van der Waals surface area contributed by atoms with Crippen LogP contribution in [0.5, 0.6) is 0 Å². The van der Waals surface area contributed by atoms with Crippen molar-refractivity contribution >= 4 is 11.8 Å². The minimum atomic E-state index is -0.183. The maximum absolute atomic E-state index is 5.44. The van der Waals surface area contributed by atoms with Gasteiger partial charge in [-0.25, -0.2) is 0 Å². The lowest BCUT2D eigenvalue weighted by molar-refractivity contribution is 0.0683. The molecule has 2 heterocycles. The molecular formula is C14H16N6O2S. The number of tetrazole rings is 1. The number of ether oxygens (including phenoxy) is 1. The van der Waals surface area contributed by atoms with Gasteiger partial charge in [0, 0.05) is 6.61 Å². The van der Waals surface area contributed by atoms with E-state index in [0.29, 0.717) is 29.2 Å². The van der Waals surface area contributed by atoms with Crippen molar-refractivity contribution in [2.24, 2.45) is 0 Å². The molecule has 0 bridgehead atoms. The molecule has 120 valence electrons. The molecule has 3 aromatic rings. The van der Waals surface area contributed by atoms with Crippen molar-refractivity contribution in [2.75, 3.05) is 6.61 Å². The molecule has 3 rings (SSSR count). The van der Waals surface area contributed by atoms with E-state index in [9.17, 15) is 0 Å². The van der Waals surface area contributed by atoms with E-state index in [2.05, 4.69) is 25.7 Å². The zero-order valence-corrected chi connectivity index (χ0v) is 13.6. The Bertz CT molecular complexity index is 745. The zero-order chi connectivity index (χ0) is 16.1. The minimum absolute atomic E-state index is 0.183. The van der Waals surface area contributed by atoms with Crippen molar-refractivity contribution in [3.05, 3.63) is 42.0 Å². The van der Waals surface area contributed by atoms with E-state index in [1.807, 2.05) is 44.2 Å². The van der Waals surface area contributed by atoms with Gasteiger partial charge in [0.25, 0.3) is 0 Å². The average molecular weight is 332 g/mol. The van der Waals surface area contributed by atoms with Crippen molar-refractivity contribution in [1.82, 2.24) is 30.3 Å². The van der Waals surface area contributed by atoms with Crippen LogP contribution in [0.2, 0.25) is 0 Å². The summed E-state index contributed by atoms with van der Waals surface area (Å²) in [4.78, 5) is 4.33. The number of aromatic nitrogens is 6. The van der Waals surface area contributed by atoms with Gasteiger partial charge in [0.1, 0.15) is 6.10 Å². The van der Waals surface area contributed by atoms with Gasteiger partial charge < -0.3 is 9.26 Å². The Morgan fingerprint density at radius 1 is 1.30 bits per heavy atom. The first-order valence-electron chi connectivity index (χ1n) is 7.18. The van der Waals surface area contributed by atoms with Crippen LogP contribution in [-0.2, 0) is 10.5 Å². The Balaban J connectivity index is 1.67. The van der Waals surface area contributed by atoms with E-state index in [0.717, 1.165) is 5.69 Å². The molecule has 0 aliphatic heterocycles. The van der Waals surface area contributed by atoms with Crippen LogP contribution < -0.4 is 0 Å². The van der Waals surface area contributed by atoms with E-state index in [4.69, 9.17) is 9.26 Å². The van der Waals surface area contributed by atoms with Gasteiger partial charge >= 0.3 is 0 Å². The fourth-order valence-corrected chi connectivity index (χ4v) is 2.67. The van der Waals surface area contributed by atoms with E-state index in [-0.39, 0.29) is 6.10 Å². The van der Waals surface area contributed by atoms with Gasteiger partial charge in [-0.15, -0.1) is 5.10 Å². The first-order chi connectivity index (χ1) is 11.3. The molecule has 8 nitrogen and oxygen atoms in total. The summed E-state index contributed by atoms with van der Waals surface area (Å²) in [6.45, 7) is 4.42. The maximum atomic E-state index is 5.44. The van der Waals surface area contributed by atoms with Gasteiger partial charge in [0.05, 0.1) is 11.4 Å². The van der Waals surface area contributed by atoms with Crippen molar-refractivity contribution in [3.63, 3.8) is 0 Å². The predicted octanol–water partition coefficient (Wildman–Crippen LogP) is 2.44. The number of thioether (sulfide) groups is 1. The normalized spacial score (nSPS) is 12.4. The Morgan fingerprint density at radius 3 is 2.91 bits per heavy atom. The van der Waals surface area contributed by atoms with Crippen molar-refractivity contribution in [2.45, 2.75) is 30.9 Å². The summed E-state index contributed by atoms with van der Waals surface area (Å²) in [5.41, 5.74) is 0.899. The summed E-state index contributed by atoms with van der Waals surface area (Å²) in [5.74, 6) is 1.54. The molecule has 1 unspecified atom stereocenters. The molecule has 23 heavy (non-hydrogen) atoms. The first-order valence-corrected chi connectivity index (χ1v) is 8.17. The maximum Gasteiger partial charge on any atom is 0.237 e. The van der Waals surface area contributed by atoms with E-state index < -0.39 is 0 Å². The first kappa shape index (κ1) is 15.6. The van der Waals surface area contributed by atoms with Crippen LogP contribution in [-0.4, -0.2) is 37.0 Å². The summed E-state index contributed by atoms with van der Waals surface area (Å²) in [5, 5.41) is 16.4. The topological polar surface area (TPSA) is 91.8 Å². The lowest BCUT2D eigenvalue weighted by Gasteiger charge is -2.04. The molecule has 0 radical (unpaired) electrons. The third-order valence-corrected chi connectivity index (χ3v) is 3.93. The SMILES string of the molecule is CCOC(C)c1noc(CSc2nnnn2-c2ccccc2)n1. The van der Waals surface area contributed by atoms with Crippen LogP contribution in [0, 0.1) is 0 Å². The van der Waals surface area contributed by atoms with Gasteiger partial charge in [-0.3, -0.25) is 0 Å². The number of rotatable bonds is 7. The second-order valence-corrected chi connectivity index (χ2v) is 5.58. The van der Waals surface area contributed by atoms with Crippen molar-refractivity contribution < 1.29 is 9.26 Å². The highest BCUT2D eigenvalue weighted by atomic mass is 32.2. The third-order valence-electron chi connectivity index (χ3n) is 3.03. The summed E-state index contributed by atoms with van der Waals surface area (Å²) >= 11 is 1.43. The standard InChI is InChI=1S/C14H16N6O2S/c1-3-21-10(2)13-15-12(22-17-13)9-23-14-16-18-19-20(14)11-7-5-4-6-8-11/h4-8,10H,3,9H2,1-2H3. The van der Waals surface area contributed by atoms with Crippen LogP contribution in [0.3, 0.4) is 0 Å². The second kappa shape index (κ2) is 7.34. The van der Waals surface area contributed by atoms with Gasteiger partial charge in [0.15, 0.2) is 5.82 Å². The Kier molecular flexibility index (Phi) is 4.99. The molecule has 0 saturated carbocycles. The fourth-order valence-electron chi connectivity index (χ4n) is 1.94. The van der Waals surface area contributed by atoms with Crippen LogP contribution in [0.25, 0.3) is 5.69 Å². The van der Waals surface area contributed by atoms with Crippen molar-refractivity contribution in [3.8, 4) is 5.69 Å². The molecule has 0 saturated heterocycles. The van der Waals surface area contributed by atoms with E-state index in [1.54, 1.807) is 4.68 Å². The number of hydrogen-bond donors (Lipinski definition) is 0. The average Bonchev–Trinajstić information content (AvgIpc) is 3.23. The molecule has 0 amide bonds. The monoisotopic (exact) mass is 332 g/mol. The van der Waals surface area contributed by atoms with Gasteiger partial charge in [-0.1, -0.05) is 35.1 Å². The van der Waals surface area contributed by atoms with Gasteiger partial charge in [0.2, 0.25) is 11.0 Å². The highest BCUT2D eigenvalue weighted by molar-refractivity contribution is 7.98. The van der Waals surface area contributed by atoms with Crippen LogP contribution in [0.1, 0.15) is 31.7 Å². The molecule has 2 aromatic heterocycles. The highest BCUT2D eigenvalue weighted by Gasteiger charge is 2.15. The summed E-state index contributed by atoms with van der Waals surface area (Å²) in [7, 11) is 0. The van der Waals surface area contributed by atoms with Crippen LogP contribution >= 0.6 is 11.8 Å². The number of benzene rings is 1. The molecular weight excluding hydrogens is 316 g/mol. The molecule has 1 aromatic carbocycles. The Labute approximate surface area is 137 Å².